The quantitative estimate of drug-likeness (QED) is 0.567. The molecule has 4 rings (SSSR count). The molecular weight excluding hydrogens is 360 g/mol. The zero-order valence-electron chi connectivity index (χ0n) is 14.9. The third kappa shape index (κ3) is 3.29. The molecule has 0 bridgehead atoms. The molecule has 0 saturated carbocycles. The largest absolute Gasteiger partial charge is 0.360 e. The Hall–Kier alpha value is -3.19. The monoisotopic (exact) mass is 378 g/mol. The molecular formula is C20H18N4O2S. The summed E-state index contributed by atoms with van der Waals surface area (Å²) in [7, 11) is 1.62. The highest BCUT2D eigenvalue weighted by atomic mass is 32.1. The van der Waals surface area contributed by atoms with Crippen LogP contribution in [-0.4, -0.2) is 40.3 Å². The number of fused-ring (bicyclic) bond motifs is 2. The van der Waals surface area contributed by atoms with Gasteiger partial charge >= 0.3 is 0 Å². The number of nitrogens with one attached hydrogen (secondary N) is 2. The molecule has 0 unspecified atom stereocenters. The standard InChI is InChI=1S/C20H18N4O2S/c1-12-6-5-9-16-18(12)23-20(27-16)22-17(25)11-24(2)19(26)14-10-21-15-8-4-3-7-13(14)15/h3-10,21H,11H2,1-2H3,(H,22,23,25). The summed E-state index contributed by atoms with van der Waals surface area (Å²) in [6.07, 6.45) is 1.68. The number of carbonyl (C=O) groups is 2. The van der Waals surface area contributed by atoms with Gasteiger partial charge in [-0.05, 0) is 24.6 Å². The first-order valence-corrected chi connectivity index (χ1v) is 9.32. The van der Waals surface area contributed by atoms with Gasteiger partial charge in [0.1, 0.15) is 0 Å². The van der Waals surface area contributed by atoms with Crippen LogP contribution in [0.25, 0.3) is 21.1 Å². The van der Waals surface area contributed by atoms with E-state index in [1.807, 2.05) is 49.4 Å². The molecule has 2 amide bonds. The number of aromatic amines is 1. The van der Waals surface area contributed by atoms with Crippen LogP contribution in [0.2, 0.25) is 0 Å². The molecule has 0 saturated heterocycles. The number of hydrogen-bond donors (Lipinski definition) is 2. The number of aryl methyl sites for hydroxylation is 1. The van der Waals surface area contributed by atoms with Crippen molar-refractivity contribution >= 4 is 49.4 Å². The second-order valence-corrected chi connectivity index (χ2v) is 7.43. The third-order valence-electron chi connectivity index (χ3n) is 4.41. The lowest BCUT2D eigenvalue weighted by molar-refractivity contribution is -0.116. The Balaban J connectivity index is 1.47. The molecule has 0 radical (unpaired) electrons. The van der Waals surface area contributed by atoms with Crippen LogP contribution in [0.3, 0.4) is 0 Å². The van der Waals surface area contributed by atoms with E-state index < -0.39 is 0 Å². The lowest BCUT2D eigenvalue weighted by atomic mass is 10.1. The van der Waals surface area contributed by atoms with Gasteiger partial charge in [0.15, 0.2) is 5.13 Å². The van der Waals surface area contributed by atoms with Crippen molar-refractivity contribution in [3.8, 4) is 0 Å². The molecule has 0 spiro atoms. The van der Waals surface area contributed by atoms with Crippen molar-refractivity contribution in [1.29, 1.82) is 0 Å². The van der Waals surface area contributed by atoms with Gasteiger partial charge in [0.25, 0.3) is 5.91 Å². The van der Waals surface area contributed by atoms with Gasteiger partial charge in [0, 0.05) is 24.1 Å². The van der Waals surface area contributed by atoms with Crippen LogP contribution in [0.5, 0.6) is 0 Å². The second-order valence-electron chi connectivity index (χ2n) is 6.40. The maximum absolute atomic E-state index is 12.7. The SMILES string of the molecule is Cc1cccc2sc(NC(=O)CN(C)C(=O)c3c[nH]c4ccccc34)nc12. The Morgan fingerprint density at radius 3 is 2.81 bits per heavy atom. The van der Waals surface area contributed by atoms with Crippen molar-refractivity contribution in [3.05, 3.63) is 59.8 Å². The summed E-state index contributed by atoms with van der Waals surface area (Å²) in [5.41, 5.74) is 3.40. The number of thiazole rings is 1. The number of para-hydroxylation sites is 2. The van der Waals surface area contributed by atoms with Crippen LogP contribution in [0, 0.1) is 6.92 Å². The van der Waals surface area contributed by atoms with Crippen LogP contribution in [0.15, 0.2) is 48.7 Å². The smallest absolute Gasteiger partial charge is 0.256 e. The van der Waals surface area contributed by atoms with Crippen LogP contribution in [0.1, 0.15) is 15.9 Å². The van der Waals surface area contributed by atoms with E-state index >= 15 is 0 Å². The molecule has 0 aliphatic heterocycles. The van der Waals surface area contributed by atoms with E-state index in [1.165, 1.54) is 16.2 Å². The fourth-order valence-corrected chi connectivity index (χ4v) is 4.00. The number of benzene rings is 2. The van der Waals surface area contributed by atoms with Gasteiger partial charge in [-0.15, -0.1) is 0 Å². The topological polar surface area (TPSA) is 78.1 Å². The van der Waals surface area contributed by atoms with Crippen molar-refractivity contribution in [2.75, 3.05) is 18.9 Å². The summed E-state index contributed by atoms with van der Waals surface area (Å²) >= 11 is 1.42. The third-order valence-corrected chi connectivity index (χ3v) is 5.35. The number of rotatable bonds is 4. The molecule has 0 fully saturated rings. The molecule has 136 valence electrons. The van der Waals surface area contributed by atoms with Crippen LogP contribution in [-0.2, 0) is 4.79 Å². The molecule has 0 aliphatic rings. The lowest BCUT2D eigenvalue weighted by Crippen LogP contribution is -2.34. The van der Waals surface area contributed by atoms with Crippen LogP contribution in [0.4, 0.5) is 5.13 Å². The average molecular weight is 378 g/mol. The minimum absolute atomic E-state index is 0.0484. The Morgan fingerprint density at radius 1 is 1.19 bits per heavy atom. The molecule has 0 atom stereocenters. The number of aromatic nitrogens is 2. The van der Waals surface area contributed by atoms with Gasteiger partial charge in [0.05, 0.1) is 22.3 Å². The summed E-state index contributed by atoms with van der Waals surface area (Å²) in [5, 5.41) is 4.18. The predicted molar refractivity (Wildman–Crippen MR) is 108 cm³/mol. The molecule has 27 heavy (non-hydrogen) atoms. The maximum atomic E-state index is 12.7. The van der Waals surface area contributed by atoms with E-state index in [1.54, 1.807) is 13.2 Å². The van der Waals surface area contributed by atoms with Crippen LogP contribution >= 0.6 is 11.3 Å². The number of hydrogen-bond acceptors (Lipinski definition) is 4. The second kappa shape index (κ2) is 6.85. The first-order chi connectivity index (χ1) is 13.0. The first-order valence-electron chi connectivity index (χ1n) is 8.50. The predicted octanol–water partition coefficient (Wildman–Crippen LogP) is 3.80. The molecule has 4 aromatic rings. The number of anilines is 1. The normalized spacial score (nSPS) is 11.0. The highest BCUT2D eigenvalue weighted by Gasteiger charge is 2.19. The number of amides is 2. The van der Waals surface area contributed by atoms with Crippen LogP contribution < -0.4 is 5.32 Å². The summed E-state index contributed by atoms with van der Waals surface area (Å²) in [6, 6.07) is 13.5. The fourth-order valence-electron chi connectivity index (χ4n) is 3.04. The number of carbonyl (C=O) groups excluding carboxylic acids is 2. The summed E-state index contributed by atoms with van der Waals surface area (Å²) in [4.78, 5) is 34.0. The Bertz CT molecular complexity index is 1160. The molecule has 7 heteroatoms. The van der Waals surface area contributed by atoms with Crippen molar-refractivity contribution in [1.82, 2.24) is 14.9 Å². The van der Waals surface area contributed by atoms with E-state index in [2.05, 4.69) is 15.3 Å². The number of H-pyrrole nitrogens is 1. The van der Waals surface area contributed by atoms with Gasteiger partial charge in [-0.3, -0.25) is 9.59 Å². The highest BCUT2D eigenvalue weighted by Crippen LogP contribution is 2.27. The molecule has 2 N–H and O–H groups in total. The van der Waals surface area contributed by atoms with Gasteiger partial charge < -0.3 is 15.2 Å². The lowest BCUT2D eigenvalue weighted by Gasteiger charge is -2.15. The van der Waals surface area contributed by atoms with E-state index in [0.717, 1.165) is 26.7 Å². The molecule has 0 aliphatic carbocycles. The summed E-state index contributed by atoms with van der Waals surface area (Å²) in [5.74, 6) is -0.481. The van der Waals surface area contributed by atoms with Gasteiger partial charge in [0.2, 0.25) is 5.91 Å². The number of nitrogens with zero attached hydrogens (tertiary/aromatic N) is 2. The summed E-state index contributed by atoms with van der Waals surface area (Å²) in [6.45, 7) is 1.94. The van der Waals surface area contributed by atoms with Crippen molar-refractivity contribution in [2.45, 2.75) is 6.92 Å². The van der Waals surface area contributed by atoms with Crippen molar-refractivity contribution in [3.63, 3.8) is 0 Å². The Labute approximate surface area is 159 Å². The fraction of sp³-hybridized carbons (Fsp3) is 0.150. The van der Waals surface area contributed by atoms with Crippen molar-refractivity contribution < 1.29 is 9.59 Å². The molecule has 2 aromatic heterocycles. The minimum atomic E-state index is -0.276. The minimum Gasteiger partial charge on any atom is -0.360 e. The van der Waals surface area contributed by atoms with E-state index in [-0.39, 0.29) is 18.4 Å². The summed E-state index contributed by atoms with van der Waals surface area (Å²) < 4.78 is 1.02. The number of likely N-dealkylation sites (N-methyl/N-ethyl adjacent to an activating group) is 1. The zero-order chi connectivity index (χ0) is 19.0. The van der Waals surface area contributed by atoms with Gasteiger partial charge in [-0.25, -0.2) is 4.98 Å². The maximum Gasteiger partial charge on any atom is 0.256 e. The highest BCUT2D eigenvalue weighted by molar-refractivity contribution is 7.22. The van der Waals surface area contributed by atoms with Gasteiger partial charge in [-0.1, -0.05) is 41.7 Å². The molecule has 2 heterocycles. The van der Waals surface area contributed by atoms with E-state index in [0.29, 0.717) is 10.7 Å². The first kappa shape index (κ1) is 17.2. The molecule has 6 nitrogen and oxygen atoms in total. The van der Waals surface area contributed by atoms with E-state index in [4.69, 9.17) is 0 Å². The van der Waals surface area contributed by atoms with Crippen molar-refractivity contribution in [2.24, 2.45) is 0 Å². The van der Waals surface area contributed by atoms with Gasteiger partial charge in [-0.2, -0.15) is 0 Å². The zero-order valence-corrected chi connectivity index (χ0v) is 15.8. The average Bonchev–Trinajstić information content (AvgIpc) is 3.25. The Morgan fingerprint density at radius 2 is 2.00 bits per heavy atom. The Kier molecular flexibility index (Phi) is 4.37. The molecule has 2 aromatic carbocycles. The van der Waals surface area contributed by atoms with E-state index in [9.17, 15) is 9.59 Å².